The summed E-state index contributed by atoms with van der Waals surface area (Å²) in [4.78, 5) is 2.36. The molecule has 1 fully saturated rings. The number of halogens is 2. The van der Waals surface area contributed by atoms with Gasteiger partial charge in [-0.3, -0.25) is 0 Å². The Morgan fingerprint density at radius 1 is 1.37 bits per heavy atom. The van der Waals surface area contributed by atoms with Crippen molar-refractivity contribution in [2.24, 2.45) is 5.73 Å². The van der Waals surface area contributed by atoms with Crippen molar-refractivity contribution < 1.29 is 4.74 Å². The zero-order chi connectivity index (χ0) is 13.0. The number of hydrogen-bond donors (Lipinski definition) is 1. The second-order valence-electron chi connectivity index (χ2n) is 4.76. The van der Waals surface area contributed by atoms with E-state index in [4.69, 9.17) is 10.5 Å². The average molecular weight is 350 g/mol. The molecule has 1 saturated heterocycles. The lowest BCUT2D eigenvalue weighted by Crippen LogP contribution is -2.36. The number of rotatable bonds is 4. The van der Waals surface area contributed by atoms with E-state index in [1.54, 1.807) is 0 Å². The number of benzene rings is 1. The van der Waals surface area contributed by atoms with Gasteiger partial charge in [0, 0.05) is 23.6 Å². The second-order valence-corrected chi connectivity index (χ2v) is 5.61. The van der Waals surface area contributed by atoms with Gasteiger partial charge in [-0.15, -0.1) is 12.4 Å². The van der Waals surface area contributed by atoms with E-state index in [0.717, 1.165) is 43.6 Å². The summed E-state index contributed by atoms with van der Waals surface area (Å²) in [5, 5.41) is 0. The standard InChI is InChI=1S/C14H21BrN2O.ClH/c1-2-12(16)9-11-3-4-14(13(15)10-11)17-5-7-18-8-6-17;/h3-4,10,12H,2,5-9,16H2,1H3;1H. The molecule has 3 nitrogen and oxygen atoms in total. The lowest BCUT2D eigenvalue weighted by molar-refractivity contribution is 0.122. The molecule has 2 rings (SSSR count). The van der Waals surface area contributed by atoms with Crippen LogP contribution in [-0.4, -0.2) is 32.3 Å². The third kappa shape index (κ3) is 4.63. The van der Waals surface area contributed by atoms with Gasteiger partial charge in [-0.05, 0) is 46.5 Å². The monoisotopic (exact) mass is 348 g/mol. The summed E-state index contributed by atoms with van der Waals surface area (Å²) < 4.78 is 6.54. The van der Waals surface area contributed by atoms with E-state index in [1.807, 2.05) is 0 Å². The molecule has 0 spiro atoms. The Kier molecular flexibility index (Phi) is 7.15. The summed E-state index contributed by atoms with van der Waals surface area (Å²) in [6.45, 7) is 5.68. The third-order valence-corrected chi connectivity index (χ3v) is 4.02. The van der Waals surface area contributed by atoms with Gasteiger partial charge in [0.2, 0.25) is 0 Å². The van der Waals surface area contributed by atoms with Gasteiger partial charge in [0.15, 0.2) is 0 Å². The van der Waals surface area contributed by atoms with Crippen molar-refractivity contribution in [1.82, 2.24) is 0 Å². The molecule has 1 atom stereocenters. The molecule has 0 amide bonds. The highest BCUT2D eigenvalue weighted by atomic mass is 79.9. The molecule has 1 aliphatic rings. The maximum atomic E-state index is 5.99. The minimum Gasteiger partial charge on any atom is -0.378 e. The topological polar surface area (TPSA) is 38.5 Å². The largest absolute Gasteiger partial charge is 0.378 e. The maximum Gasteiger partial charge on any atom is 0.0642 e. The van der Waals surface area contributed by atoms with E-state index in [0.29, 0.717) is 0 Å². The molecule has 1 aromatic carbocycles. The van der Waals surface area contributed by atoms with Crippen LogP contribution in [-0.2, 0) is 11.2 Å². The fourth-order valence-corrected chi connectivity index (χ4v) is 2.86. The number of morpholine rings is 1. The Morgan fingerprint density at radius 2 is 2.05 bits per heavy atom. The molecule has 1 aromatic rings. The van der Waals surface area contributed by atoms with Gasteiger partial charge in [-0.25, -0.2) is 0 Å². The zero-order valence-electron chi connectivity index (χ0n) is 11.3. The quantitative estimate of drug-likeness (QED) is 0.908. The summed E-state index contributed by atoms with van der Waals surface area (Å²) in [6, 6.07) is 6.82. The van der Waals surface area contributed by atoms with Gasteiger partial charge < -0.3 is 15.4 Å². The molecular weight excluding hydrogens is 328 g/mol. The first-order valence-corrected chi connectivity index (χ1v) is 7.36. The summed E-state index contributed by atoms with van der Waals surface area (Å²) in [5.74, 6) is 0. The first-order valence-electron chi connectivity index (χ1n) is 6.57. The summed E-state index contributed by atoms with van der Waals surface area (Å²) >= 11 is 3.67. The van der Waals surface area contributed by atoms with E-state index >= 15 is 0 Å². The summed E-state index contributed by atoms with van der Waals surface area (Å²) in [6.07, 6.45) is 1.96. The molecule has 5 heteroatoms. The minimum absolute atomic E-state index is 0. The lowest BCUT2D eigenvalue weighted by atomic mass is 10.0. The Balaban J connectivity index is 0.00000180. The molecule has 0 aliphatic carbocycles. The molecule has 2 N–H and O–H groups in total. The second kappa shape index (κ2) is 8.10. The van der Waals surface area contributed by atoms with Gasteiger partial charge >= 0.3 is 0 Å². The number of ether oxygens (including phenoxy) is 1. The molecule has 1 unspecified atom stereocenters. The van der Waals surface area contributed by atoms with Crippen LogP contribution in [0.5, 0.6) is 0 Å². The third-order valence-electron chi connectivity index (χ3n) is 3.39. The number of anilines is 1. The fourth-order valence-electron chi connectivity index (χ4n) is 2.19. The van der Waals surface area contributed by atoms with Crippen LogP contribution in [0.25, 0.3) is 0 Å². The van der Waals surface area contributed by atoms with Gasteiger partial charge in [0.1, 0.15) is 0 Å². The van der Waals surface area contributed by atoms with Crippen molar-refractivity contribution in [1.29, 1.82) is 0 Å². The SMILES string of the molecule is CCC(N)Cc1ccc(N2CCOCC2)c(Br)c1.Cl. The van der Waals surface area contributed by atoms with Crippen LogP contribution < -0.4 is 10.6 Å². The Hall–Kier alpha value is -0.290. The van der Waals surface area contributed by atoms with E-state index in [2.05, 4.69) is 46.0 Å². The van der Waals surface area contributed by atoms with Crippen molar-refractivity contribution in [2.75, 3.05) is 31.2 Å². The van der Waals surface area contributed by atoms with Crippen molar-refractivity contribution in [3.63, 3.8) is 0 Å². The number of nitrogens with zero attached hydrogens (tertiary/aromatic N) is 1. The summed E-state index contributed by atoms with van der Waals surface area (Å²) in [7, 11) is 0. The first-order chi connectivity index (χ1) is 8.70. The Bertz CT molecular complexity index is 397. The van der Waals surface area contributed by atoms with Crippen molar-refractivity contribution in [3.8, 4) is 0 Å². The Labute approximate surface area is 130 Å². The highest BCUT2D eigenvalue weighted by molar-refractivity contribution is 9.10. The average Bonchev–Trinajstić information content (AvgIpc) is 2.40. The molecule has 0 bridgehead atoms. The smallest absolute Gasteiger partial charge is 0.0642 e. The van der Waals surface area contributed by atoms with Crippen LogP contribution in [0.1, 0.15) is 18.9 Å². The van der Waals surface area contributed by atoms with Crippen molar-refractivity contribution in [2.45, 2.75) is 25.8 Å². The molecule has 0 aromatic heterocycles. The zero-order valence-corrected chi connectivity index (χ0v) is 13.7. The first kappa shape index (κ1) is 16.8. The normalized spacial score (nSPS) is 16.9. The van der Waals surface area contributed by atoms with Crippen LogP contribution in [0.15, 0.2) is 22.7 Å². The van der Waals surface area contributed by atoms with Gasteiger partial charge in [0.25, 0.3) is 0 Å². The van der Waals surface area contributed by atoms with Crippen molar-refractivity contribution in [3.05, 3.63) is 28.2 Å². The van der Waals surface area contributed by atoms with Crippen LogP contribution >= 0.6 is 28.3 Å². The fraction of sp³-hybridized carbons (Fsp3) is 0.571. The minimum atomic E-state index is 0. The van der Waals surface area contributed by atoms with E-state index in [9.17, 15) is 0 Å². The molecule has 1 aliphatic heterocycles. The van der Waals surface area contributed by atoms with E-state index in [1.165, 1.54) is 11.3 Å². The lowest BCUT2D eigenvalue weighted by Gasteiger charge is -2.30. The number of nitrogens with two attached hydrogens (primary N) is 1. The van der Waals surface area contributed by atoms with Crippen LogP contribution in [0, 0.1) is 0 Å². The van der Waals surface area contributed by atoms with Gasteiger partial charge in [0.05, 0.1) is 18.9 Å². The number of hydrogen-bond acceptors (Lipinski definition) is 3. The van der Waals surface area contributed by atoms with Crippen LogP contribution in [0.3, 0.4) is 0 Å². The molecule has 19 heavy (non-hydrogen) atoms. The van der Waals surface area contributed by atoms with E-state index < -0.39 is 0 Å². The van der Waals surface area contributed by atoms with Gasteiger partial charge in [-0.2, -0.15) is 0 Å². The highest BCUT2D eigenvalue weighted by Gasteiger charge is 2.14. The summed E-state index contributed by atoms with van der Waals surface area (Å²) in [5.41, 5.74) is 8.55. The molecule has 108 valence electrons. The van der Waals surface area contributed by atoms with Crippen molar-refractivity contribution >= 4 is 34.0 Å². The molecule has 1 heterocycles. The molecule has 0 saturated carbocycles. The maximum absolute atomic E-state index is 5.99. The van der Waals surface area contributed by atoms with Gasteiger partial charge in [-0.1, -0.05) is 13.0 Å². The highest BCUT2D eigenvalue weighted by Crippen LogP contribution is 2.28. The Morgan fingerprint density at radius 3 is 2.63 bits per heavy atom. The predicted octanol–water partition coefficient (Wildman–Crippen LogP) is 2.99. The van der Waals surface area contributed by atoms with E-state index in [-0.39, 0.29) is 18.4 Å². The molecular formula is C14H22BrClN2O. The predicted molar refractivity (Wildman–Crippen MR) is 86.4 cm³/mol. The van der Waals surface area contributed by atoms with Crippen LogP contribution in [0.4, 0.5) is 5.69 Å². The molecule has 0 radical (unpaired) electrons. The van der Waals surface area contributed by atoms with Crippen LogP contribution in [0.2, 0.25) is 0 Å².